The highest BCUT2D eigenvalue weighted by Crippen LogP contribution is 2.40. The van der Waals surface area contributed by atoms with Gasteiger partial charge in [-0.25, -0.2) is 0 Å². The number of Topliss-reactive ketones (excluding diaryl/α,β-unsaturated/α-hetero) is 1. The number of carbonyl (C=O) groups excluding carboxylic acids is 2. The van der Waals surface area contributed by atoms with Gasteiger partial charge in [-0.1, -0.05) is 96.9 Å². The van der Waals surface area contributed by atoms with Gasteiger partial charge in [0.25, 0.3) is 0 Å². The first kappa shape index (κ1) is 24.7. The van der Waals surface area contributed by atoms with Crippen LogP contribution in [0.15, 0.2) is 78.9 Å². The Morgan fingerprint density at radius 3 is 2.18 bits per heavy atom. The maximum Gasteiger partial charge on any atom is 0.220 e. The van der Waals surface area contributed by atoms with Crippen LogP contribution in [0.4, 0.5) is 0 Å². The molecular formula is C28H31ClN2O2. The Kier molecular flexibility index (Phi) is 8.81. The molecule has 4 nitrogen and oxygen atoms in total. The van der Waals surface area contributed by atoms with Gasteiger partial charge in [-0.15, -0.1) is 0 Å². The molecule has 0 heterocycles. The van der Waals surface area contributed by atoms with Gasteiger partial charge in [0.2, 0.25) is 5.91 Å². The molecule has 33 heavy (non-hydrogen) atoms. The zero-order valence-electron chi connectivity index (χ0n) is 19.2. The number of nitrogens with one attached hydrogen (secondary N) is 2. The van der Waals surface area contributed by atoms with E-state index >= 15 is 0 Å². The van der Waals surface area contributed by atoms with Crippen LogP contribution in [0, 0.1) is 6.92 Å². The summed E-state index contributed by atoms with van der Waals surface area (Å²) < 4.78 is 0. The molecule has 3 aromatic rings. The number of hydrogen-bond donors (Lipinski definition) is 2. The van der Waals surface area contributed by atoms with Crippen LogP contribution < -0.4 is 10.6 Å². The van der Waals surface area contributed by atoms with Crippen LogP contribution in [0.25, 0.3) is 0 Å². The number of halogens is 1. The molecule has 3 aromatic carbocycles. The van der Waals surface area contributed by atoms with E-state index in [9.17, 15) is 9.59 Å². The first-order valence-corrected chi connectivity index (χ1v) is 11.8. The quantitative estimate of drug-likeness (QED) is 0.296. The lowest BCUT2D eigenvalue weighted by Gasteiger charge is -2.38. The van der Waals surface area contributed by atoms with Crippen molar-refractivity contribution >= 4 is 23.3 Å². The molecule has 1 unspecified atom stereocenters. The maximum atomic E-state index is 12.2. The first-order chi connectivity index (χ1) is 16.0. The fourth-order valence-corrected chi connectivity index (χ4v) is 4.28. The normalized spacial score (nSPS) is 12.7. The largest absolute Gasteiger partial charge is 0.349 e. The van der Waals surface area contributed by atoms with Crippen LogP contribution in [-0.4, -0.2) is 24.8 Å². The number of carbonyl (C=O) groups is 2. The molecule has 5 heteroatoms. The lowest BCUT2D eigenvalue weighted by atomic mass is 9.76. The fourth-order valence-electron chi connectivity index (χ4n) is 4.01. The summed E-state index contributed by atoms with van der Waals surface area (Å²) in [6.45, 7) is 4.52. The van der Waals surface area contributed by atoms with Crippen molar-refractivity contribution in [3.05, 3.63) is 106 Å². The Bertz CT molecular complexity index is 1070. The van der Waals surface area contributed by atoms with Gasteiger partial charge in [-0.3, -0.25) is 14.9 Å². The van der Waals surface area contributed by atoms with Crippen molar-refractivity contribution in [3.63, 3.8) is 0 Å². The fraction of sp³-hybridized carbons (Fsp3) is 0.286. The van der Waals surface area contributed by atoms with Gasteiger partial charge < -0.3 is 5.32 Å². The average molecular weight is 463 g/mol. The Labute approximate surface area is 201 Å². The summed E-state index contributed by atoms with van der Waals surface area (Å²) in [6, 6.07) is 26.6. The van der Waals surface area contributed by atoms with Crippen molar-refractivity contribution in [2.24, 2.45) is 0 Å². The first-order valence-electron chi connectivity index (χ1n) is 11.4. The topological polar surface area (TPSA) is 58.2 Å². The van der Waals surface area contributed by atoms with Crippen LogP contribution >= 0.6 is 11.6 Å². The van der Waals surface area contributed by atoms with Gasteiger partial charge in [-0.2, -0.15) is 0 Å². The Morgan fingerprint density at radius 2 is 1.52 bits per heavy atom. The molecule has 0 saturated heterocycles. The third-order valence-corrected chi connectivity index (χ3v) is 6.13. The molecule has 0 fully saturated rings. The van der Waals surface area contributed by atoms with E-state index in [4.69, 9.17) is 11.6 Å². The zero-order valence-corrected chi connectivity index (χ0v) is 20.0. The van der Waals surface area contributed by atoms with Crippen molar-refractivity contribution in [2.45, 2.75) is 38.6 Å². The van der Waals surface area contributed by atoms with E-state index in [0.717, 1.165) is 16.7 Å². The van der Waals surface area contributed by atoms with Crippen molar-refractivity contribution < 1.29 is 9.59 Å². The zero-order chi connectivity index (χ0) is 23.7. The molecule has 1 atom stereocenters. The van der Waals surface area contributed by atoms with Gasteiger partial charge in [0.1, 0.15) is 0 Å². The van der Waals surface area contributed by atoms with Crippen LogP contribution in [0.2, 0.25) is 5.02 Å². The summed E-state index contributed by atoms with van der Waals surface area (Å²) in [5.41, 5.74) is 3.62. The van der Waals surface area contributed by atoms with E-state index in [1.165, 1.54) is 5.56 Å². The van der Waals surface area contributed by atoms with Gasteiger partial charge in [0.15, 0.2) is 5.78 Å². The predicted molar refractivity (Wildman–Crippen MR) is 134 cm³/mol. The average Bonchev–Trinajstić information content (AvgIpc) is 2.84. The summed E-state index contributed by atoms with van der Waals surface area (Å²) in [4.78, 5) is 23.6. The van der Waals surface area contributed by atoms with Crippen LogP contribution in [0.5, 0.6) is 0 Å². The summed E-state index contributed by atoms with van der Waals surface area (Å²) in [5, 5.41) is 7.08. The van der Waals surface area contributed by atoms with Crippen LogP contribution in [0.1, 0.15) is 48.4 Å². The SMILES string of the molecule is CCC(=O)NCC(=O)CCCNC(c1ccccc1)(c1ccc(C)cc1)c1ccccc1Cl. The van der Waals surface area contributed by atoms with E-state index in [1.807, 2.05) is 42.5 Å². The molecule has 172 valence electrons. The van der Waals surface area contributed by atoms with Crippen molar-refractivity contribution in [1.29, 1.82) is 0 Å². The van der Waals surface area contributed by atoms with E-state index < -0.39 is 5.54 Å². The Balaban J connectivity index is 1.92. The molecule has 3 rings (SSSR count). The molecule has 0 aliphatic carbocycles. The van der Waals surface area contributed by atoms with E-state index in [2.05, 4.69) is 54.0 Å². The monoisotopic (exact) mass is 462 g/mol. The summed E-state index contributed by atoms with van der Waals surface area (Å²) in [5.74, 6) is -0.0837. The van der Waals surface area contributed by atoms with Gasteiger partial charge >= 0.3 is 0 Å². The molecule has 2 N–H and O–H groups in total. The number of benzene rings is 3. The van der Waals surface area contributed by atoms with Gasteiger partial charge in [0.05, 0.1) is 12.1 Å². The smallest absolute Gasteiger partial charge is 0.220 e. The third-order valence-electron chi connectivity index (χ3n) is 5.80. The van der Waals surface area contributed by atoms with Crippen molar-refractivity contribution in [3.8, 4) is 0 Å². The number of aryl methyl sites for hydroxylation is 1. The molecule has 0 aromatic heterocycles. The molecule has 0 saturated carbocycles. The van der Waals surface area contributed by atoms with E-state index in [0.29, 0.717) is 30.8 Å². The lowest BCUT2D eigenvalue weighted by molar-refractivity contribution is -0.125. The molecule has 0 aliphatic rings. The van der Waals surface area contributed by atoms with Crippen LogP contribution in [-0.2, 0) is 15.1 Å². The summed E-state index contributed by atoms with van der Waals surface area (Å²) >= 11 is 6.75. The second kappa shape index (κ2) is 11.8. The summed E-state index contributed by atoms with van der Waals surface area (Å²) in [7, 11) is 0. The number of ketones is 1. The molecule has 0 spiro atoms. The predicted octanol–water partition coefficient (Wildman–Crippen LogP) is 5.41. The Morgan fingerprint density at radius 1 is 0.879 bits per heavy atom. The highest BCUT2D eigenvalue weighted by Gasteiger charge is 2.37. The van der Waals surface area contributed by atoms with E-state index in [1.54, 1.807) is 6.92 Å². The van der Waals surface area contributed by atoms with Crippen molar-refractivity contribution in [2.75, 3.05) is 13.1 Å². The molecule has 0 bridgehead atoms. The molecule has 1 amide bonds. The standard InChI is InChI=1S/C28H31ClN2O2/c1-3-27(33)30-20-24(32)12-9-19-31-28(22-10-5-4-6-11-22,23-17-15-21(2)16-18-23)25-13-7-8-14-26(25)29/h4-8,10-11,13-18,31H,3,9,12,19-20H2,1-2H3,(H,30,33). The van der Waals surface area contributed by atoms with Crippen molar-refractivity contribution in [1.82, 2.24) is 10.6 Å². The molecule has 0 radical (unpaired) electrons. The third kappa shape index (κ3) is 6.10. The lowest BCUT2D eigenvalue weighted by Crippen LogP contribution is -2.45. The summed E-state index contributed by atoms with van der Waals surface area (Å²) in [6.07, 6.45) is 1.41. The van der Waals surface area contributed by atoms with Crippen LogP contribution in [0.3, 0.4) is 0 Å². The second-order valence-corrected chi connectivity index (χ2v) is 8.57. The molecular weight excluding hydrogens is 432 g/mol. The maximum absolute atomic E-state index is 12.2. The van der Waals surface area contributed by atoms with Gasteiger partial charge in [-0.05, 0) is 42.6 Å². The van der Waals surface area contributed by atoms with Gasteiger partial charge in [0, 0.05) is 17.9 Å². The minimum Gasteiger partial charge on any atom is -0.349 e. The number of hydrogen-bond acceptors (Lipinski definition) is 3. The highest BCUT2D eigenvalue weighted by atomic mass is 35.5. The highest BCUT2D eigenvalue weighted by molar-refractivity contribution is 6.31. The number of rotatable bonds is 11. The minimum absolute atomic E-state index is 0.0250. The molecule has 0 aliphatic heterocycles. The minimum atomic E-state index is -0.674. The number of amides is 1. The van der Waals surface area contributed by atoms with E-state index in [-0.39, 0.29) is 18.2 Å². The second-order valence-electron chi connectivity index (χ2n) is 8.16. The Hall–Kier alpha value is -2.95.